The van der Waals surface area contributed by atoms with Gasteiger partial charge in [0.15, 0.2) is 11.5 Å². The van der Waals surface area contributed by atoms with Gasteiger partial charge in [0.1, 0.15) is 0 Å². The van der Waals surface area contributed by atoms with Gasteiger partial charge in [0, 0.05) is 16.9 Å². The van der Waals surface area contributed by atoms with E-state index < -0.39 is 18.6 Å². The monoisotopic (exact) mass is 408 g/mol. The zero-order valence-electron chi connectivity index (χ0n) is 16.2. The van der Waals surface area contributed by atoms with Gasteiger partial charge in [0.25, 0.3) is 5.91 Å². The second-order valence-electron chi connectivity index (χ2n) is 6.40. The molecule has 0 saturated heterocycles. The Labute approximate surface area is 167 Å². The van der Waals surface area contributed by atoms with E-state index in [-0.39, 0.29) is 29.6 Å². The number of methoxy groups -OCH3 is 1. The summed E-state index contributed by atoms with van der Waals surface area (Å²) in [5.41, 5.74) is 0.910. The molecule has 2 aromatic carbocycles. The van der Waals surface area contributed by atoms with Gasteiger partial charge in [-0.05, 0) is 42.3 Å². The number of hydrogen-bond donors (Lipinski definition) is 2. The molecule has 0 unspecified atom stereocenters. The highest BCUT2D eigenvalue weighted by atomic mass is 19.3. The number of amides is 2. The number of alkyl halides is 2. The molecular formula is C20H22F2N2O5. The molecule has 2 amide bonds. The predicted octanol–water partition coefficient (Wildman–Crippen LogP) is 4.75. The van der Waals surface area contributed by atoms with Gasteiger partial charge in [0.05, 0.1) is 13.7 Å². The molecule has 0 aliphatic carbocycles. The first kappa shape index (κ1) is 21.9. The Kier molecular flexibility index (Phi) is 7.76. The lowest BCUT2D eigenvalue weighted by Crippen LogP contribution is -2.17. The third kappa shape index (κ3) is 6.95. The van der Waals surface area contributed by atoms with Crippen LogP contribution in [0.4, 0.5) is 25.0 Å². The maximum atomic E-state index is 12.5. The van der Waals surface area contributed by atoms with Gasteiger partial charge >= 0.3 is 12.7 Å². The Hall–Kier alpha value is -3.36. The molecule has 0 atom stereocenters. The molecule has 0 aromatic heterocycles. The lowest BCUT2D eigenvalue weighted by molar-refractivity contribution is -0.0512. The highest BCUT2D eigenvalue weighted by Crippen LogP contribution is 2.30. The summed E-state index contributed by atoms with van der Waals surface area (Å²) in [5.74, 6) is -0.521. The SMILES string of the molecule is COc1ccc(C(=O)Nc2cccc(NC(=O)OCC(C)C)c2)cc1OC(F)F. The number of carbonyl (C=O) groups excluding carboxylic acids is 2. The lowest BCUT2D eigenvalue weighted by Gasteiger charge is -2.12. The molecule has 0 bridgehead atoms. The minimum absolute atomic E-state index is 0.0768. The Morgan fingerprint density at radius 1 is 1.00 bits per heavy atom. The highest BCUT2D eigenvalue weighted by molar-refractivity contribution is 6.05. The summed E-state index contributed by atoms with van der Waals surface area (Å²) < 4.78 is 39.4. The number of halogens is 2. The number of carbonyl (C=O) groups is 2. The van der Waals surface area contributed by atoms with Crippen molar-refractivity contribution >= 4 is 23.4 Å². The van der Waals surface area contributed by atoms with Gasteiger partial charge < -0.3 is 19.5 Å². The molecule has 0 spiro atoms. The molecule has 0 aliphatic heterocycles. The van der Waals surface area contributed by atoms with Crippen LogP contribution in [0, 0.1) is 5.92 Å². The molecule has 0 heterocycles. The minimum Gasteiger partial charge on any atom is -0.493 e. The van der Waals surface area contributed by atoms with Crippen molar-refractivity contribution in [3.63, 3.8) is 0 Å². The summed E-state index contributed by atoms with van der Waals surface area (Å²) in [6.45, 7) is 1.06. The average Bonchev–Trinajstić information content (AvgIpc) is 2.66. The van der Waals surface area contributed by atoms with Gasteiger partial charge in [-0.3, -0.25) is 10.1 Å². The zero-order valence-corrected chi connectivity index (χ0v) is 16.2. The van der Waals surface area contributed by atoms with E-state index in [1.807, 2.05) is 13.8 Å². The highest BCUT2D eigenvalue weighted by Gasteiger charge is 2.15. The van der Waals surface area contributed by atoms with E-state index in [4.69, 9.17) is 9.47 Å². The van der Waals surface area contributed by atoms with Crippen LogP contribution in [-0.2, 0) is 4.74 Å². The van der Waals surface area contributed by atoms with E-state index in [2.05, 4.69) is 15.4 Å². The van der Waals surface area contributed by atoms with Crippen LogP contribution < -0.4 is 20.1 Å². The van der Waals surface area contributed by atoms with Crippen LogP contribution in [0.25, 0.3) is 0 Å². The second-order valence-corrected chi connectivity index (χ2v) is 6.40. The van der Waals surface area contributed by atoms with E-state index in [9.17, 15) is 18.4 Å². The van der Waals surface area contributed by atoms with Gasteiger partial charge in [-0.15, -0.1) is 0 Å². The summed E-state index contributed by atoms with van der Waals surface area (Å²) >= 11 is 0. The number of hydrogen-bond acceptors (Lipinski definition) is 5. The van der Waals surface area contributed by atoms with E-state index >= 15 is 0 Å². The summed E-state index contributed by atoms with van der Waals surface area (Å²) in [6, 6.07) is 10.3. The smallest absolute Gasteiger partial charge is 0.411 e. The average molecular weight is 408 g/mol. The number of benzene rings is 2. The maximum absolute atomic E-state index is 12.5. The summed E-state index contributed by atoms with van der Waals surface area (Å²) in [7, 11) is 1.30. The minimum atomic E-state index is -3.06. The summed E-state index contributed by atoms with van der Waals surface area (Å²) in [4.78, 5) is 24.2. The number of ether oxygens (including phenoxy) is 3. The summed E-state index contributed by atoms with van der Waals surface area (Å²) in [6.07, 6.45) is -0.605. The van der Waals surface area contributed by atoms with Crippen LogP contribution in [0.3, 0.4) is 0 Å². The fourth-order valence-corrected chi connectivity index (χ4v) is 2.28. The molecule has 0 saturated carbocycles. The molecule has 29 heavy (non-hydrogen) atoms. The van der Waals surface area contributed by atoms with Crippen molar-refractivity contribution < 1.29 is 32.6 Å². The van der Waals surface area contributed by atoms with E-state index in [0.717, 1.165) is 6.07 Å². The van der Waals surface area contributed by atoms with Crippen LogP contribution in [0.2, 0.25) is 0 Å². The Bertz CT molecular complexity index is 859. The van der Waals surface area contributed by atoms with E-state index in [1.165, 1.54) is 25.3 Å². The Balaban J connectivity index is 2.08. The molecule has 0 fully saturated rings. The first-order valence-electron chi connectivity index (χ1n) is 8.76. The summed E-state index contributed by atoms with van der Waals surface area (Å²) in [5, 5.41) is 5.19. The third-order valence-electron chi connectivity index (χ3n) is 3.56. The van der Waals surface area contributed by atoms with Gasteiger partial charge in [-0.25, -0.2) is 4.79 Å². The zero-order chi connectivity index (χ0) is 21.4. The standard InChI is InChI=1S/C20H22F2N2O5/c1-12(2)11-28-20(26)24-15-6-4-5-14(10-15)23-18(25)13-7-8-16(27-3)17(9-13)29-19(21)22/h4-10,12,19H,11H2,1-3H3,(H,23,25)(H,24,26). The molecule has 2 N–H and O–H groups in total. The number of nitrogens with one attached hydrogen (secondary N) is 2. The third-order valence-corrected chi connectivity index (χ3v) is 3.56. The maximum Gasteiger partial charge on any atom is 0.411 e. The number of rotatable bonds is 8. The normalized spacial score (nSPS) is 10.6. The first-order valence-corrected chi connectivity index (χ1v) is 8.76. The van der Waals surface area contributed by atoms with Crippen LogP contribution in [0.15, 0.2) is 42.5 Å². The van der Waals surface area contributed by atoms with Crippen molar-refractivity contribution in [2.75, 3.05) is 24.4 Å². The second kappa shape index (κ2) is 10.3. The predicted molar refractivity (Wildman–Crippen MR) is 104 cm³/mol. The Morgan fingerprint density at radius 3 is 2.31 bits per heavy atom. The van der Waals surface area contributed by atoms with Crippen LogP contribution in [0.1, 0.15) is 24.2 Å². The molecule has 9 heteroatoms. The van der Waals surface area contributed by atoms with Crippen molar-refractivity contribution in [3.05, 3.63) is 48.0 Å². The lowest BCUT2D eigenvalue weighted by atomic mass is 10.1. The molecule has 2 aromatic rings. The fourth-order valence-electron chi connectivity index (χ4n) is 2.28. The number of anilines is 2. The van der Waals surface area contributed by atoms with Crippen LogP contribution in [0.5, 0.6) is 11.5 Å². The fraction of sp³-hybridized carbons (Fsp3) is 0.300. The Morgan fingerprint density at radius 2 is 1.69 bits per heavy atom. The molecular weight excluding hydrogens is 386 g/mol. The molecule has 7 nitrogen and oxygen atoms in total. The molecule has 0 radical (unpaired) electrons. The molecule has 2 rings (SSSR count). The van der Waals surface area contributed by atoms with Crippen molar-refractivity contribution in [2.45, 2.75) is 20.5 Å². The van der Waals surface area contributed by atoms with E-state index in [0.29, 0.717) is 11.4 Å². The van der Waals surface area contributed by atoms with Gasteiger partial charge in [-0.2, -0.15) is 8.78 Å². The van der Waals surface area contributed by atoms with Crippen LogP contribution in [-0.4, -0.2) is 32.3 Å². The van der Waals surface area contributed by atoms with Gasteiger partial charge in [-0.1, -0.05) is 19.9 Å². The molecule has 0 aliphatic rings. The largest absolute Gasteiger partial charge is 0.493 e. The first-order chi connectivity index (χ1) is 13.8. The topological polar surface area (TPSA) is 85.9 Å². The van der Waals surface area contributed by atoms with Crippen molar-refractivity contribution in [1.29, 1.82) is 0 Å². The van der Waals surface area contributed by atoms with Crippen molar-refractivity contribution in [2.24, 2.45) is 5.92 Å². The molecule has 156 valence electrons. The van der Waals surface area contributed by atoms with Gasteiger partial charge in [0.2, 0.25) is 0 Å². The van der Waals surface area contributed by atoms with Crippen LogP contribution >= 0.6 is 0 Å². The van der Waals surface area contributed by atoms with Crippen molar-refractivity contribution in [3.8, 4) is 11.5 Å². The van der Waals surface area contributed by atoms with E-state index in [1.54, 1.807) is 18.2 Å². The van der Waals surface area contributed by atoms with Crippen molar-refractivity contribution in [1.82, 2.24) is 0 Å². The quantitative estimate of drug-likeness (QED) is 0.658.